The molecule has 2 heterocycles. The summed E-state index contributed by atoms with van der Waals surface area (Å²) in [6.45, 7) is 0.518. The number of fused-ring (bicyclic) bond motifs is 1. The maximum absolute atomic E-state index is 13.5. The first-order chi connectivity index (χ1) is 16.6. The van der Waals surface area contributed by atoms with Crippen molar-refractivity contribution < 1.29 is 19.4 Å². The number of hydrogen-bond donors (Lipinski definition) is 2. The molecule has 0 saturated carbocycles. The summed E-state index contributed by atoms with van der Waals surface area (Å²) in [4.78, 5) is 15.4. The predicted molar refractivity (Wildman–Crippen MR) is 128 cm³/mol. The quantitative estimate of drug-likeness (QED) is 0.426. The monoisotopic (exact) mass is 455 g/mol. The molecule has 7 heteroatoms. The van der Waals surface area contributed by atoms with Crippen LogP contribution in [0.1, 0.15) is 33.2 Å². The molecule has 2 N–H and O–H groups in total. The standard InChI is InChI=1S/C27H25N3O4/c1-33-21-13-12-18(16-22(21)34-2)26-23-24(19-10-6-7-11-20(19)31)28-29-25(23)27(32)30(26)15-14-17-8-4-3-5-9-17/h3-13,16,26,31H,14-15H2,1-2H3,(H,28,29)/t26-/m0/s1. The molecular weight excluding hydrogens is 430 g/mol. The number of rotatable bonds is 7. The van der Waals surface area contributed by atoms with E-state index in [9.17, 15) is 9.90 Å². The number of aromatic nitrogens is 2. The second kappa shape index (κ2) is 8.94. The van der Waals surface area contributed by atoms with Crippen molar-refractivity contribution in [2.45, 2.75) is 12.5 Å². The van der Waals surface area contributed by atoms with Gasteiger partial charge in [-0.3, -0.25) is 9.89 Å². The molecule has 5 rings (SSSR count). The smallest absolute Gasteiger partial charge is 0.273 e. The minimum atomic E-state index is -0.403. The van der Waals surface area contributed by atoms with Crippen molar-refractivity contribution in [2.75, 3.05) is 20.8 Å². The molecule has 1 aromatic heterocycles. The molecular formula is C27H25N3O4. The van der Waals surface area contributed by atoms with Crippen molar-refractivity contribution in [1.29, 1.82) is 0 Å². The lowest BCUT2D eigenvalue weighted by molar-refractivity contribution is 0.0745. The van der Waals surface area contributed by atoms with Gasteiger partial charge in [0, 0.05) is 17.7 Å². The third kappa shape index (κ3) is 3.65. The van der Waals surface area contributed by atoms with Gasteiger partial charge < -0.3 is 19.5 Å². The van der Waals surface area contributed by atoms with E-state index in [1.165, 1.54) is 0 Å². The van der Waals surface area contributed by atoms with E-state index in [1.54, 1.807) is 32.4 Å². The highest BCUT2D eigenvalue weighted by molar-refractivity contribution is 6.00. The molecule has 34 heavy (non-hydrogen) atoms. The number of nitrogens with one attached hydrogen (secondary N) is 1. The second-order valence-corrected chi connectivity index (χ2v) is 8.13. The lowest BCUT2D eigenvalue weighted by Crippen LogP contribution is -2.31. The maximum Gasteiger partial charge on any atom is 0.273 e. The van der Waals surface area contributed by atoms with Crippen molar-refractivity contribution in [3.8, 4) is 28.5 Å². The Morgan fingerprint density at radius 3 is 2.44 bits per heavy atom. The number of nitrogens with zero attached hydrogens (tertiary/aromatic N) is 2. The predicted octanol–water partition coefficient (Wildman–Crippen LogP) is 4.59. The van der Waals surface area contributed by atoms with Crippen LogP contribution >= 0.6 is 0 Å². The van der Waals surface area contributed by atoms with Crippen molar-refractivity contribution in [1.82, 2.24) is 15.1 Å². The second-order valence-electron chi connectivity index (χ2n) is 8.13. The molecule has 1 amide bonds. The number of phenols is 1. The number of carbonyl (C=O) groups excluding carboxylic acids is 1. The number of methoxy groups -OCH3 is 2. The summed E-state index contributed by atoms with van der Waals surface area (Å²) < 4.78 is 11.0. The largest absolute Gasteiger partial charge is 0.507 e. The lowest BCUT2D eigenvalue weighted by Gasteiger charge is -2.27. The van der Waals surface area contributed by atoms with Gasteiger partial charge in [0.2, 0.25) is 0 Å². The van der Waals surface area contributed by atoms with Gasteiger partial charge in [-0.05, 0) is 41.8 Å². The zero-order chi connectivity index (χ0) is 23.7. The van der Waals surface area contributed by atoms with Crippen LogP contribution in [0.25, 0.3) is 11.3 Å². The molecule has 0 radical (unpaired) electrons. The van der Waals surface area contributed by atoms with Crippen molar-refractivity contribution >= 4 is 5.91 Å². The van der Waals surface area contributed by atoms with Crippen LogP contribution in [-0.2, 0) is 6.42 Å². The topological polar surface area (TPSA) is 87.7 Å². The average molecular weight is 456 g/mol. The number of aromatic hydroxyl groups is 1. The highest BCUT2D eigenvalue weighted by atomic mass is 16.5. The number of ether oxygens (including phenoxy) is 2. The summed E-state index contributed by atoms with van der Waals surface area (Å²) in [6, 6.07) is 22.4. The maximum atomic E-state index is 13.5. The first-order valence-corrected chi connectivity index (χ1v) is 11.1. The highest BCUT2D eigenvalue weighted by Gasteiger charge is 2.42. The van der Waals surface area contributed by atoms with Gasteiger partial charge in [0.25, 0.3) is 5.91 Å². The van der Waals surface area contributed by atoms with Crippen molar-refractivity contribution in [3.05, 3.63) is 95.2 Å². The molecule has 0 saturated heterocycles. The Bertz CT molecular complexity index is 1330. The molecule has 1 atom stereocenters. The molecule has 0 fully saturated rings. The molecule has 172 valence electrons. The Balaban J connectivity index is 1.62. The van der Waals surface area contributed by atoms with Gasteiger partial charge in [-0.15, -0.1) is 0 Å². The highest BCUT2D eigenvalue weighted by Crippen LogP contribution is 2.45. The fourth-order valence-corrected chi connectivity index (χ4v) is 4.57. The summed E-state index contributed by atoms with van der Waals surface area (Å²) in [6.07, 6.45) is 0.708. The minimum Gasteiger partial charge on any atom is -0.507 e. The van der Waals surface area contributed by atoms with E-state index < -0.39 is 6.04 Å². The van der Waals surface area contributed by atoms with Crippen LogP contribution in [0, 0.1) is 0 Å². The third-order valence-electron chi connectivity index (χ3n) is 6.23. The summed E-state index contributed by atoms with van der Waals surface area (Å²) in [5.74, 6) is 1.18. The number of aromatic amines is 1. The number of benzene rings is 3. The molecule has 0 spiro atoms. The number of carbonyl (C=O) groups is 1. The lowest BCUT2D eigenvalue weighted by atomic mass is 9.95. The number of H-pyrrole nitrogens is 1. The number of phenolic OH excluding ortho intramolecular Hbond substituents is 1. The summed E-state index contributed by atoms with van der Waals surface area (Å²) >= 11 is 0. The molecule has 3 aromatic carbocycles. The van der Waals surface area contributed by atoms with Crippen LogP contribution in [0.4, 0.5) is 0 Å². The zero-order valence-electron chi connectivity index (χ0n) is 19.0. The fourth-order valence-electron chi connectivity index (χ4n) is 4.57. The molecule has 0 bridgehead atoms. The van der Waals surface area contributed by atoms with E-state index in [1.807, 2.05) is 47.4 Å². The molecule has 0 aliphatic carbocycles. The summed E-state index contributed by atoms with van der Waals surface area (Å²) in [7, 11) is 3.18. The molecule has 1 aliphatic rings. The molecule has 0 unspecified atom stereocenters. The SMILES string of the molecule is COc1ccc([C@H]2c3c(-c4ccccc4O)n[nH]c3C(=O)N2CCc2ccccc2)cc1OC. The van der Waals surface area contributed by atoms with E-state index >= 15 is 0 Å². The number of hydrogen-bond acceptors (Lipinski definition) is 5. The van der Waals surface area contributed by atoms with Gasteiger partial charge in [0.1, 0.15) is 17.1 Å². The molecule has 4 aromatic rings. The van der Waals surface area contributed by atoms with Gasteiger partial charge in [-0.2, -0.15) is 5.10 Å². The van der Waals surface area contributed by atoms with Gasteiger partial charge in [0.05, 0.1) is 20.3 Å². The van der Waals surface area contributed by atoms with E-state index in [0.29, 0.717) is 41.4 Å². The van der Waals surface area contributed by atoms with Crippen LogP contribution in [0.3, 0.4) is 0 Å². The van der Waals surface area contributed by atoms with E-state index in [0.717, 1.165) is 16.7 Å². The molecule has 7 nitrogen and oxygen atoms in total. The van der Waals surface area contributed by atoms with Crippen LogP contribution in [-0.4, -0.2) is 46.9 Å². The zero-order valence-corrected chi connectivity index (χ0v) is 19.0. The van der Waals surface area contributed by atoms with Crippen LogP contribution in [0.15, 0.2) is 72.8 Å². The summed E-state index contributed by atoms with van der Waals surface area (Å²) in [5.41, 5.74) is 4.33. The Hall–Kier alpha value is -4.26. The number of amides is 1. The van der Waals surface area contributed by atoms with E-state index in [2.05, 4.69) is 22.3 Å². The average Bonchev–Trinajstić information content (AvgIpc) is 3.42. The summed E-state index contributed by atoms with van der Waals surface area (Å²) in [5, 5.41) is 17.9. The van der Waals surface area contributed by atoms with Crippen molar-refractivity contribution in [2.24, 2.45) is 0 Å². The Labute approximate surface area is 197 Å². The first-order valence-electron chi connectivity index (χ1n) is 11.1. The fraction of sp³-hybridized carbons (Fsp3) is 0.185. The first kappa shape index (κ1) is 21.6. The van der Waals surface area contributed by atoms with Gasteiger partial charge in [0.15, 0.2) is 11.5 Å². The Morgan fingerprint density at radius 2 is 1.71 bits per heavy atom. The third-order valence-corrected chi connectivity index (χ3v) is 6.23. The Kier molecular flexibility index (Phi) is 5.67. The van der Waals surface area contributed by atoms with Crippen LogP contribution in [0.2, 0.25) is 0 Å². The molecule has 1 aliphatic heterocycles. The van der Waals surface area contributed by atoms with Crippen molar-refractivity contribution in [3.63, 3.8) is 0 Å². The Morgan fingerprint density at radius 1 is 0.971 bits per heavy atom. The van der Waals surface area contributed by atoms with Gasteiger partial charge in [-0.25, -0.2) is 0 Å². The van der Waals surface area contributed by atoms with E-state index in [-0.39, 0.29) is 11.7 Å². The van der Waals surface area contributed by atoms with Gasteiger partial charge >= 0.3 is 0 Å². The van der Waals surface area contributed by atoms with Crippen LogP contribution in [0.5, 0.6) is 17.2 Å². The van der Waals surface area contributed by atoms with Crippen LogP contribution < -0.4 is 9.47 Å². The minimum absolute atomic E-state index is 0.109. The van der Waals surface area contributed by atoms with E-state index in [4.69, 9.17) is 9.47 Å². The normalized spacial score (nSPS) is 14.8. The number of para-hydroxylation sites is 1. The van der Waals surface area contributed by atoms with Gasteiger partial charge in [-0.1, -0.05) is 48.5 Å².